The topological polar surface area (TPSA) is 57.2 Å². The lowest BCUT2D eigenvalue weighted by atomic mass is 9.98. The number of hydrogen-bond acceptors (Lipinski definition) is 3. The Balaban J connectivity index is 2.66. The van der Waals surface area contributed by atoms with Gasteiger partial charge in [0.05, 0.1) is 12.8 Å². The number of nitrogens with two attached hydrogens (primary N) is 1. The Morgan fingerprint density at radius 1 is 1.16 bits per heavy atom. The number of aromatic nitrogens is 1. The minimum absolute atomic E-state index is 0.174. The first-order chi connectivity index (χ1) is 8.93. The Bertz CT molecular complexity index is 661. The Labute approximate surface area is 112 Å². The van der Waals surface area contributed by atoms with E-state index in [0.717, 1.165) is 28.0 Å². The molecule has 1 aromatic carbocycles. The van der Waals surface area contributed by atoms with Crippen LogP contribution >= 0.6 is 0 Å². The van der Waals surface area contributed by atoms with Crippen LogP contribution in [0, 0.1) is 13.8 Å². The predicted octanol–water partition coefficient (Wildman–Crippen LogP) is 2.26. The molecule has 0 bridgehead atoms. The van der Waals surface area contributed by atoms with Gasteiger partial charge in [0, 0.05) is 18.8 Å². The van der Waals surface area contributed by atoms with Crippen molar-refractivity contribution in [3.8, 4) is 16.9 Å². The van der Waals surface area contributed by atoms with E-state index >= 15 is 0 Å². The van der Waals surface area contributed by atoms with Crippen LogP contribution in [0.25, 0.3) is 11.1 Å². The van der Waals surface area contributed by atoms with Crippen LogP contribution in [0.3, 0.4) is 0 Å². The molecular weight excluding hydrogens is 240 g/mol. The van der Waals surface area contributed by atoms with Gasteiger partial charge >= 0.3 is 0 Å². The molecule has 0 amide bonds. The summed E-state index contributed by atoms with van der Waals surface area (Å²) >= 11 is 0. The van der Waals surface area contributed by atoms with Crippen LogP contribution in [0.5, 0.6) is 5.75 Å². The zero-order valence-electron chi connectivity index (χ0n) is 11.7. The predicted molar refractivity (Wildman–Crippen MR) is 77.6 cm³/mol. The van der Waals surface area contributed by atoms with E-state index < -0.39 is 0 Å². The Hall–Kier alpha value is -2.23. The van der Waals surface area contributed by atoms with Crippen molar-refractivity contribution in [3.63, 3.8) is 0 Å². The number of nitrogens with zero attached hydrogens (tertiary/aromatic N) is 1. The molecule has 4 heteroatoms. The third kappa shape index (κ3) is 2.34. The summed E-state index contributed by atoms with van der Waals surface area (Å²) in [4.78, 5) is 11.6. The highest BCUT2D eigenvalue weighted by Crippen LogP contribution is 2.30. The summed E-state index contributed by atoms with van der Waals surface area (Å²) in [6.07, 6.45) is 1.80. The smallest absolute Gasteiger partial charge is 0.273 e. The number of rotatable bonds is 2. The molecular formula is C15H18N2O2. The highest BCUT2D eigenvalue weighted by molar-refractivity contribution is 5.71. The number of pyridine rings is 1. The molecule has 2 rings (SSSR count). The van der Waals surface area contributed by atoms with Crippen molar-refractivity contribution in [2.24, 2.45) is 7.05 Å². The van der Waals surface area contributed by atoms with Crippen molar-refractivity contribution < 1.29 is 4.74 Å². The first-order valence-corrected chi connectivity index (χ1v) is 6.05. The SMILES string of the molecule is COc1cc(C)c(-c2cc(N)c(=O)n(C)c2)cc1C. The van der Waals surface area contributed by atoms with Crippen molar-refractivity contribution in [1.82, 2.24) is 4.57 Å². The second-order valence-corrected chi connectivity index (χ2v) is 4.74. The van der Waals surface area contributed by atoms with Gasteiger partial charge in [0.25, 0.3) is 5.56 Å². The lowest BCUT2D eigenvalue weighted by molar-refractivity contribution is 0.411. The maximum absolute atomic E-state index is 11.6. The molecule has 0 spiro atoms. The molecule has 2 N–H and O–H groups in total. The van der Waals surface area contributed by atoms with E-state index in [0.29, 0.717) is 0 Å². The van der Waals surface area contributed by atoms with Gasteiger partial charge in [0.15, 0.2) is 0 Å². The highest BCUT2D eigenvalue weighted by atomic mass is 16.5. The molecule has 0 unspecified atom stereocenters. The average molecular weight is 258 g/mol. The van der Waals surface area contributed by atoms with Gasteiger partial charge in [-0.05, 0) is 48.7 Å². The minimum Gasteiger partial charge on any atom is -0.496 e. The number of ether oxygens (including phenoxy) is 1. The van der Waals surface area contributed by atoms with Crippen molar-refractivity contribution in [2.75, 3.05) is 12.8 Å². The van der Waals surface area contributed by atoms with E-state index in [1.807, 2.05) is 26.0 Å². The van der Waals surface area contributed by atoms with E-state index in [1.165, 1.54) is 4.57 Å². The quantitative estimate of drug-likeness (QED) is 0.899. The van der Waals surface area contributed by atoms with E-state index in [9.17, 15) is 4.79 Å². The molecule has 0 aliphatic heterocycles. The van der Waals surface area contributed by atoms with Crippen molar-refractivity contribution >= 4 is 5.69 Å². The number of aryl methyl sites for hydroxylation is 3. The van der Waals surface area contributed by atoms with Gasteiger partial charge in [-0.1, -0.05) is 0 Å². The summed E-state index contributed by atoms with van der Waals surface area (Å²) in [6.45, 7) is 4.01. The van der Waals surface area contributed by atoms with Gasteiger partial charge in [-0.2, -0.15) is 0 Å². The van der Waals surface area contributed by atoms with Crippen LogP contribution in [0.1, 0.15) is 11.1 Å². The fourth-order valence-corrected chi connectivity index (χ4v) is 2.21. The fraction of sp³-hybridized carbons (Fsp3) is 0.267. The van der Waals surface area contributed by atoms with E-state index in [2.05, 4.69) is 0 Å². The molecule has 0 fully saturated rings. The third-order valence-electron chi connectivity index (χ3n) is 3.26. The van der Waals surface area contributed by atoms with Crippen LogP contribution in [0.2, 0.25) is 0 Å². The maximum atomic E-state index is 11.6. The molecule has 0 saturated heterocycles. The van der Waals surface area contributed by atoms with E-state index in [4.69, 9.17) is 10.5 Å². The van der Waals surface area contributed by atoms with Gasteiger partial charge in [-0.15, -0.1) is 0 Å². The molecule has 0 saturated carbocycles. The van der Waals surface area contributed by atoms with Gasteiger partial charge in [0.2, 0.25) is 0 Å². The molecule has 0 atom stereocenters. The number of anilines is 1. The molecule has 19 heavy (non-hydrogen) atoms. The molecule has 0 aliphatic rings. The van der Waals surface area contributed by atoms with Crippen LogP contribution in [0.15, 0.2) is 29.2 Å². The monoisotopic (exact) mass is 258 g/mol. The van der Waals surface area contributed by atoms with Gasteiger partial charge in [-0.3, -0.25) is 4.79 Å². The third-order valence-corrected chi connectivity index (χ3v) is 3.26. The number of hydrogen-bond donors (Lipinski definition) is 1. The average Bonchev–Trinajstić information content (AvgIpc) is 2.37. The summed E-state index contributed by atoms with van der Waals surface area (Å²) in [5.41, 5.74) is 9.95. The first kappa shape index (κ1) is 13.2. The van der Waals surface area contributed by atoms with Crippen molar-refractivity contribution in [2.45, 2.75) is 13.8 Å². The molecule has 0 radical (unpaired) electrons. The van der Waals surface area contributed by atoms with Gasteiger partial charge in [0.1, 0.15) is 5.75 Å². The maximum Gasteiger partial charge on any atom is 0.273 e. The summed E-state index contributed by atoms with van der Waals surface area (Å²) in [6, 6.07) is 5.76. The molecule has 1 aromatic heterocycles. The number of methoxy groups -OCH3 is 1. The lowest BCUT2D eigenvalue weighted by Crippen LogP contribution is -2.19. The lowest BCUT2D eigenvalue weighted by Gasteiger charge is -2.13. The van der Waals surface area contributed by atoms with Crippen LogP contribution in [-0.4, -0.2) is 11.7 Å². The molecule has 4 nitrogen and oxygen atoms in total. The summed E-state index contributed by atoms with van der Waals surface area (Å²) < 4.78 is 6.81. The fourth-order valence-electron chi connectivity index (χ4n) is 2.21. The zero-order valence-corrected chi connectivity index (χ0v) is 11.7. The van der Waals surface area contributed by atoms with Crippen molar-refractivity contribution in [1.29, 1.82) is 0 Å². The van der Waals surface area contributed by atoms with Gasteiger partial charge in [-0.25, -0.2) is 0 Å². The summed E-state index contributed by atoms with van der Waals surface area (Å²) in [5.74, 6) is 0.860. The minimum atomic E-state index is -0.174. The Kier molecular flexibility index (Phi) is 3.34. The second-order valence-electron chi connectivity index (χ2n) is 4.74. The summed E-state index contributed by atoms with van der Waals surface area (Å²) in [5, 5.41) is 0. The van der Waals surface area contributed by atoms with E-state index in [1.54, 1.807) is 26.4 Å². The van der Waals surface area contributed by atoms with Crippen molar-refractivity contribution in [3.05, 3.63) is 45.9 Å². The largest absolute Gasteiger partial charge is 0.496 e. The van der Waals surface area contributed by atoms with Crippen LogP contribution < -0.4 is 16.0 Å². The molecule has 100 valence electrons. The van der Waals surface area contributed by atoms with Crippen LogP contribution in [0.4, 0.5) is 5.69 Å². The number of benzene rings is 1. The highest BCUT2D eigenvalue weighted by Gasteiger charge is 2.09. The standard InChI is InChI=1S/C15H18N2O2/c1-9-6-14(19-4)10(2)5-12(9)11-7-13(16)15(18)17(3)8-11/h5-8H,16H2,1-4H3. The summed E-state index contributed by atoms with van der Waals surface area (Å²) in [7, 11) is 3.36. The molecule has 1 heterocycles. The number of nitrogen functional groups attached to an aromatic ring is 1. The van der Waals surface area contributed by atoms with Crippen LogP contribution in [-0.2, 0) is 7.05 Å². The van der Waals surface area contributed by atoms with E-state index in [-0.39, 0.29) is 11.2 Å². The molecule has 2 aromatic rings. The zero-order chi connectivity index (χ0) is 14.2. The first-order valence-electron chi connectivity index (χ1n) is 6.05. The molecule has 0 aliphatic carbocycles. The Morgan fingerprint density at radius 2 is 1.84 bits per heavy atom. The Morgan fingerprint density at radius 3 is 2.42 bits per heavy atom. The second kappa shape index (κ2) is 4.80. The van der Waals surface area contributed by atoms with Gasteiger partial charge < -0.3 is 15.0 Å². The normalized spacial score (nSPS) is 10.5.